The number of rotatable bonds is 7. The Balaban J connectivity index is 4.31. The van der Waals surface area contributed by atoms with Crippen molar-refractivity contribution in [1.29, 1.82) is 0 Å². The lowest BCUT2D eigenvalue weighted by Gasteiger charge is -2.19. The molecule has 1 amide bonds. The normalized spacial score (nSPS) is 15.7. The van der Waals surface area contributed by atoms with Crippen molar-refractivity contribution in [1.82, 2.24) is 5.32 Å². The van der Waals surface area contributed by atoms with Crippen molar-refractivity contribution in [3.8, 4) is 0 Å². The first-order chi connectivity index (χ1) is 7.75. The van der Waals surface area contributed by atoms with E-state index in [0.29, 0.717) is 0 Å². The minimum atomic E-state index is -1.46. The van der Waals surface area contributed by atoms with Crippen molar-refractivity contribution >= 4 is 17.8 Å². The van der Waals surface area contributed by atoms with Gasteiger partial charge < -0.3 is 26.4 Å². The highest BCUT2D eigenvalue weighted by atomic mass is 16.4. The molecule has 0 saturated carbocycles. The Morgan fingerprint density at radius 2 is 1.82 bits per heavy atom. The Morgan fingerprint density at radius 3 is 2.18 bits per heavy atom. The van der Waals surface area contributed by atoms with Crippen molar-refractivity contribution in [3.05, 3.63) is 0 Å². The second-order valence-corrected chi connectivity index (χ2v) is 3.60. The SMILES string of the molecule is C[C@@H](O)[C@H](NC(=O)C(N)CCC(=O)O)C(=O)O. The average Bonchev–Trinajstić information content (AvgIpc) is 2.20. The van der Waals surface area contributed by atoms with Gasteiger partial charge in [-0.25, -0.2) is 4.79 Å². The standard InChI is InChI=1S/C9H16N2O6/c1-4(12)7(9(16)17)11-8(15)5(10)2-3-6(13)14/h4-5,7,12H,2-3,10H2,1H3,(H,11,15)(H,13,14)(H,16,17)/t4-,5?,7+/m1/s1. The maximum atomic E-state index is 11.4. The minimum Gasteiger partial charge on any atom is -0.481 e. The lowest BCUT2D eigenvalue weighted by atomic mass is 10.1. The van der Waals surface area contributed by atoms with Crippen molar-refractivity contribution < 1.29 is 29.7 Å². The summed E-state index contributed by atoms with van der Waals surface area (Å²) in [5, 5.41) is 28.2. The molecule has 0 aromatic carbocycles. The molecule has 0 saturated heterocycles. The van der Waals surface area contributed by atoms with E-state index in [0.717, 1.165) is 0 Å². The lowest BCUT2D eigenvalue weighted by molar-refractivity contribution is -0.145. The largest absolute Gasteiger partial charge is 0.481 e. The molecular weight excluding hydrogens is 232 g/mol. The van der Waals surface area contributed by atoms with Gasteiger partial charge in [0.25, 0.3) is 0 Å². The molecule has 0 aliphatic rings. The molecule has 6 N–H and O–H groups in total. The van der Waals surface area contributed by atoms with Gasteiger partial charge in [-0.05, 0) is 13.3 Å². The molecule has 3 atom stereocenters. The summed E-state index contributed by atoms with van der Waals surface area (Å²) in [6, 6.07) is -2.58. The van der Waals surface area contributed by atoms with Gasteiger partial charge >= 0.3 is 11.9 Å². The molecule has 0 aromatic heterocycles. The molecule has 0 heterocycles. The van der Waals surface area contributed by atoms with Gasteiger partial charge in [-0.1, -0.05) is 0 Å². The van der Waals surface area contributed by atoms with E-state index in [-0.39, 0.29) is 12.8 Å². The Hall–Kier alpha value is -1.67. The fourth-order valence-electron chi connectivity index (χ4n) is 1.06. The molecule has 0 rings (SSSR count). The highest BCUT2D eigenvalue weighted by molar-refractivity contribution is 5.87. The van der Waals surface area contributed by atoms with Crippen LogP contribution < -0.4 is 11.1 Å². The van der Waals surface area contributed by atoms with Crippen molar-refractivity contribution in [2.75, 3.05) is 0 Å². The quantitative estimate of drug-likeness (QED) is 0.354. The third kappa shape index (κ3) is 5.83. The smallest absolute Gasteiger partial charge is 0.328 e. The number of nitrogens with one attached hydrogen (secondary N) is 1. The van der Waals surface area contributed by atoms with Crippen LogP contribution in [0.1, 0.15) is 19.8 Å². The van der Waals surface area contributed by atoms with Gasteiger partial charge in [0.2, 0.25) is 5.91 Å². The van der Waals surface area contributed by atoms with Crippen molar-refractivity contribution in [2.24, 2.45) is 5.73 Å². The number of amides is 1. The summed E-state index contributed by atoms with van der Waals surface area (Å²) in [5.74, 6) is -3.29. The molecule has 0 aromatic rings. The summed E-state index contributed by atoms with van der Waals surface area (Å²) >= 11 is 0. The fraction of sp³-hybridized carbons (Fsp3) is 0.667. The van der Waals surface area contributed by atoms with Gasteiger partial charge in [0.05, 0.1) is 12.1 Å². The van der Waals surface area contributed by atoms with Gasteiger partial charge in [0, 0.05) is 6.42 Å². The maximum absolute atomic E-state index is 11.4. The first-order valence-corrected chi connectivity index (χ1v) is 4.94. The van der Waals surface area contributed by atoms with E-state index in [1.165, 1.54) is 6.92 Å². The maximum Gasteiger partial charge on any atom is 0.328 e. The van der Waals surface area contributed by atoms with Crippen LogP contribution in [-0.4, -0.2) is 51.4 Å². The van der Waals surface area contributed by atoms with Crippen LogP contribution in [0, 0.1) is 0 Å². The summed E-state index contributed by atoms with van der Waals surface area (Å²) in [6.45, 7) is 1.21. The molecule has 17 heavy (non-hydrogen) atoms. The van der Waals surface area contributed by atoms with Gasteiger partial charge in [0.15, 0.2) is 6.04 Å². The molecule has 0 radical (unpaired) electrons. The van der Waals surface area contributed by atoms with E-state index in [4.69, 9.17) is 21.1 Å². The molecule has 0 aliphatic carbocycles. The first-order valence-electron chi connectivity index (χ1n) is 4.94. The van der Waals surface area contributed by atoms with E-state index in [2.05, 4.69) is 0 Å². The van der Waals surface area contributed by atoms with Crippen LogP contribution in [0.4, 0.5) is 0 Å². The van der Waals surface area contributed by atoms with Crippen LogP contribution in [-0.2, 0) is 14.4 Å². The number of nitrogens with two attached hydrogens (primary N) is 1. The zero-order valence-corrected chi connectivity index (χ0v) is 9.29. The average molecular weight is 248 g/mol. The minimum absolute atomic E-state index is 0.104. The number of carboxylic acids is 2. The van der Waals surface area contributed by atoms with Crippen LogP contribution in [0.2, 0.25) is 0 Å². The molecule has 8 nitrogen and oxygen atoms in total. The molecule has 8 heteroatoms. The number of hydrogen-bond acceptors (Lipinski definition) is 5. The summed E-state index contributed by atoms with van der Waals surface area (Å²) in [6.07, 6.45) is -1.67. The predicted octanol–water partition coefficient (Wildman–Crippen LogP) is -1.87. The molecule has 98 valence electrons. The number of aliphatic hydroxyl groups excluding tert-OH is 1. The number of hydrogen-bond donors (Lipinski definition) is 5. The van der Waals surface area contributed by atoms with E-state index in [9.17, 15) is 14.4 Å². The second-order valence-electron chi connectivity index (χ2n) is 3.60. The second kappa shape index (κ2) is 6.81. The van der Waals surface area contributed by atoms with E-state index in [1.807, 2.05) is 5.32 Å². The van der Waals surface area contributed by atoms with Crippen molar-refractivity contribution in [2.45, 2.75) is 38.0 Å². The number of carbonyl (C=O) groups is 3. The van der Waals surface area contributed by atoms with Crippen LogP contribution >= 0.6 is 0 Å². The molecule has 0 aliphatic heterocycles. The predicted molar refractivity (Wildman–Crippen MR) is 56.1 cm³/mol. The zero-order chi connectivity index (χ0) is 13.6. The number of carbonyl (C=O) groups excluding carboxylic acids is 1. The highest BCUT2D eigenvalue weighted by Crippen LogP contribution is 1.98. The summed E-state index contributed by atoms with van der Waals surface area (Å²) in [5.41, 5.74) is 5.36. The first kappa shape index (κ1) is 15.3. The molecule has 0 bridgehead atoms. The molecule has 0 spiro atoms. The summed E-state index contributed by atoms with van der Waals surface area (Å²) < 4.78 is 0. The zero-order valence-electron chi connectivity index (χ0n) is 9.29. The Kier molecular flexibility index (Phi) is 6.15. The number of carboxylic acid groups (broad SMARTS) is 2. The number of aliphatic hydroxyl groups is 1. The van der Waals surface area contributed by atoms with Crippen molar-refractivity contribution in [3.63, 3.8) is 0 Å². The van der Waals surface area contributed by atoms with E-state index in [1.54, 1.807) is 0 Å². The lowest BCUT2D eigenvalue weighted by Crippen LogP contribution is -2.52. The molecule has 1 unspecified atom stereocenters. The van der Waals surface area contributed by atoms with Crippen LogP contribution in [0.5, 0.6) is 0 Å². The Morgan fingerprint density at radius 1 is 1.29 bits per heavy atom. The number of aliphatic carboxylic acids is 2. The van der Waals surface area contributed by atoms with Crippen LogP contribution in [0.15, 0.2) is 0 Å². The van der Waals surface area contributed by atoms with E-state index >= 15 is 0 Å². The Bertz CT molecular complexity index is 304. The molecular formula is C9H16N2O6. The van der Waals surface area contributed by atoms with Gasteiger partial charge in [-0.3, -0.25) is 9.59 Å². The highest BCUT2D eigenvalue weighted by Gasteiger charge is 2.27. The van der Waals surface area contributed by atoms with E-state index < -0.39 is 36.0 Å². The third-order valence-electron chi connectivity index (χ3n) is 2.05. The summed E-state index contributed by atoms with van der Waals surface area (Å²) in [7, 11) is 0. The topological polar surface area (TPSA) is 150 Å². The fourth-order valence-corrected chi connectivity index (χ4v) is 1.06. The van der Waals surface area contributed by atoms with Gasteiger partial charge in [-0.15, -0.1) is 0 Å². The van der Waals surface area contributed by atoms with Crippen LogP contribution in [0.3, 0.4) is 0 Å². The third-order valence-corrected chi connectivity index (χ3v) is 2.05. The van der Waals surface area contributed by atoms with Crippen LogP contribution in [0.25, 0.3) is 0 Å². The van der Waals surface area contributed by atoms with Gasteiger partial charge in [0.1, 0.15) is 0 Å². The van der Waals surface area contributed by atoms with Gasteiger partial charge in [-0.2, -0.15) is 0 Å². The summed E-state index contributed by atoms with van der Waals surface area (Å²) in [4.78, 5) is 32.3. The molecule has 0 fully saturated rings. The monoisotopic (exact) mass is 248 g/mol. The Labute approximate surface area is 97.4 Å².